The van der Waals surface area contributed by atoms with Gasteiger partial charge in [0.1, 0.15) is 11.5 Å². The van der Waals surface area contributed by atoms with Gasteiger partial charge in [-0.05, 0) is 36.7 Å². The number of carbonyl (C=O) groups is 1. The first-order chi connectivity index (χ1) is 13.6. The third-order valence-corrected chi connectivity index (χ3v) is 6.22. The lowest BCUT2D eigenvalue weighted by atomic mass is 9.90. The fraction of sp³-hybridized carbons (Fsp3) is 0.435. The normalized spacial score (nSPS) is 23.4. The fourth-order valence-corrected chi connectivity index (χ4v) is 4.91. The Morgan fingerprint density at radius 3 is 2.48 bits per heavy atom. The number of rotatable bonds is 5. The highest BCUT2D eigenvalue weighted by molar-refractivity contribution is 5.85. The Morgan fingerprint density at radius 2 is 1.79 bits per heavy atom. The van der Waals surface area contributed by atoms with Crippen LogP contribution in [0.15, 0.2) is 48.5 Å². The molecule has 2 aromatic rings. The van der Waals surface area contributed by atoms with Crippen LogP contribution in [0, 0.1) is 11.8 Å². The van der Waals surface area contributed by atoms with E-state index in [9.17, 15) is 4.79 Å². The van der Waals surface area contributed by atoms with Gasteiger partial charge in [0.05, 0.1) is 20.6 Å². The molecule has 4 rings (SSSR count). The molecular weight excluding hydrogens is 388 g/mol. The Labute approximate surface area is 179 Å². The van der Waals surface area contributed by atoms with Gasteiger partial charge in [-0.15, -0.1) is 12.4 Å². The first-order valence-corrected chi connectivity index (χ1v) is 9.84. The van der Waals surface area contributed by atoms with Crippen molar-refractivity contribution in [1.82, 2.24) is 9.80 Å². The quantitative estimate of drug-likeness (QED) is 0.748. The molecule has 3 atom stereocenters. The number of nitrogens with zero attached hydrogens (tertiary/aromatic N) is 2. The molecule has 2 heterocycles. The molecule has 0 spiro atoms. The monoisotopic (exact) mass is 416 g/mol. The highest BCUT2D eigenvalue weighted by Crippen LogP contribution is 2.44. The minimum atomic E-state index is 0. The van der Waals surface area contributed by atoms with E-state index in [2.05, 4.69) is 42.3 Å². The fourth-order valence-electron chi connectivity index (χ4n) is 4.91. The molecule has 5 nitrogen and oxygen atoms in total. The predicted molar refractivity (Wildman–Crippen MR) is 116 cm³/mol. The summed E-state index contributed by atoms with van der Waals surface area (Å²) in [5, 5.41) is 0. The Kier molecular flexibility index (Phi) is 6.70. The summed E-state index contributed by atoms with van der Waals surface area (Å²) in [7, 11) is 5.47. The number of amides is 1. The second-order valence-electron chi connectivity index (χ2n) is 7.87. The molecule has 29 heavy (non-hydrogen) atoms. The van der Waals surface area contributed by atoms with E-state index < -0.39 is 0 Å². The van der Waals surface area contributed by atoms with Crippen LogP contribution in [0.2, 0.25) is 0 Å². The van der Waals surface area contributed by atoms with Crippen LogP contribution in [0.25, 0.3) is 0 Å². The van der Waals surface area contributed by atoms with Crippen LogP contribution in [0.3, 0.4) is 0 Å². The molecule has 0 bridgehead atoms. The minimum Gasteiger partial charge on any atom is -0.497 e. The second kappa shape index (κ2) is 9.06. The van der Waals surface area contributed by atoms with Crippen molar-refractivity contribution in [3.05, 3.63) is 59.7 Å². The van der Waals surface area contributed by atoms with Gasteiger partial charge in [-0.3, -0.25) is 9.69 Å². The third-order valence-electron chi connectivity index (χ3n) is 6.22. The summed E-state index contributed by atoms with van der Waals surface area (Å²) < 4.78 is 10.7. The molecular formula is C23H29ClN2O3. The zero-order valence-corrected chi connectivity index (χ0v) is 18.0. The summed E-state index contributed by atoms with van der Waals surface area (Å²) in [5.74, 6) is 2.66. The van der Waals surface area contributed by atoms with Crippen molar-refractivity contribution in [2.45, 2.75) is 12.5 Å². The number of benzene rings is 2. The molecule has 2 aliphatic heterocycles. The second-order valence-corrected chi connectivity index (χ2v) is 7.87. The van der Waals surface area contributed by atoms with Crippen molar-refractivity contribution in [3.63, 3.8) is 0 Å². The van der Waals surface area contributed by atoms with Crippen LogP contribution in [0.5, 0.6) is 11.5 Å². The number of methoxy groups -OCH3 is 2. The van der Waals surface area contributed by atoms with Crippen LogP contribution < -0.4 is 9.47 Å². The van der Waals surface area contributed by atoms with Crippen molar-refractivity contribution in [3.8, 4) is 11.5 Å². The molecule has 0 N–H and O–H groups in total. The lowest BCUT2D eigenvalue weighted by molar-refractivity contribution is -0.129. The standard InChI is InChI=1S/C23H28N2O3.ClH/c1-24-13-18-14-25(15-20(18)23(24)16-7-5-4-6-8-16)22(26)12-17-11-19(27-2)9-10-21(17)28-3;/h4-11,18,20,23H,12-15H2,1-3H3;1H/t18-,20+,23-;/m0./s1. The molecule has 2 aliphatic rings. The molecule has 0 radical (unpaired) electrons. The summed E-state index contributed by atoms with van der Waals surface area (Å²) in [4.78, 5) is 17.5. The van der Waals surface area contributed by atoms with Gasteiger partial charge in [0.15, 0.2) is 0 Å². The van der Waals surface area contributed by atoms with E-state index in [-0.39, 0.29) is 18.3 Å². The van der Waals surface area contributed by atoms with Gasteiger partial charge >= 0.3 is 0 Å². The zero-order chi connectivity index (χ0) is 19.7. The lowest BCUT2D eigenvalue weighted by Gasteiger charge is -2.27. The predicted octanol–water partition coefficient (Wildman–Crippen LogP) is 3.43. The smallest absolute Gasteiger partial charge is 0.227 e. The summed E-state index contributed by atoms with van der Waals surface area (Å²) in [6.45, 7) is 2.69. The number of hydrogen-bond acceptors (Lipinski definition) is 4. The van der Waals surface area contributed by atoms with Crippen LogP contribution >= 0.6 is 12.4 Å². The third kappa shape index (κ3) is 4.21. The van der Waals surface area contributed by atoms with Crippen molar-refractivity contribution in [2.75, 3.05) is 40.9 Å². The molecule has 2 aromatic carbocycles. The van der Waals surface area contributed by atoms with Crippen molar-refractivity contribution in [2.24, 2.45) is 11.8 Å². The summed E-state index contributed by atoms with van der Waals surface area (Å²) in [6.07, 6.45) is 0.339. The van der Waals surface area contributed by atoms with Gasteiger partial charge in [0.25, 0.3) is 0 Å². The van der Waals surface area contributed by atoms with Gasteiger partial charge in [-0.1, -0.05) is 30.3 Å². The van der Waals surface area contributed by atoms with E-state index in [0.29, 0.717) is 24.3 Å². The molecule has 0 saturated carbocycles. The summed E-state index contributed by atoms with van der Waals surface area (Å²) in [6, 6.07) is 16.7. The number of fused-ring (bicyclic) bond motifs is 1. The van der Waals surface area contributed by atoms with Gasteiger partial charge in [-0.25, -0.2) is 0 Å². The Bertz CT molecular complexity index is 845. The molecule has 0 aromatic heterocycles. The largest absolute Gasteiger partial charge is 0.497 e. The number of carbonyl (C=O) groups excluding carboxylic acids is 1. The topological polar surface area (TPSA) is 42.0 Å². The van der Waals surface area contributed by atoms with Crippen molar-refractivity contribution in [1.29, 1.82) is 0 Å². The van der Waals surface area contributed by atoms with E-state index in [4.69, 9.17) is 9.47 Å². The first-order valence-electron chi connectivity index (χ1n) is 9.84. The van der Waals surface area contributed by atoms with Crippen LogP contribution in [-0.2, 0) is 11.2 Å². The van der Waals surface area contributed by atoms with Crippen LogP contribution in [0.1, 0.15) is 17.2 Å². The van der Waals surface area contributed by atoms with Crippen molar-refractivity contribution >= 4 is 18.3 Å². The van der Waals surface area contributed by atoms with Gasteiger partial charge in [0, 0.05) is 37.2 Å². The minimum absolute atomic E-state index is 0. The number of hydrogen-bond donors (Lipinski definition) is 0. The van der Waals surface area contributed by atoms with E-state index >= 15 is 0 Å². The number of ether oxygens (including phenoxy) is 2. The maximum absolute atomic E-state index is 13.1. The van der Waals surface area contributed by atoms with E-state index in [1.807, 2.05) is 23.1 Å². The van der Waals surface area contributed by atoms with E-state index in [0.717, 1.165) is 36.7 Å². The maximum Gasteiger partial charge on any atom is 0.227 e. The average Bonchev–Trinajstić information content (AvgIpc) is 3.25. The Morgan fingerprint density at radius 1 is 1.03 bits per heavy atom. The van der Waals surface area contributed by atoms with E-state index in [1.54, 1.807) is 14.2 Å². The van der Waals surface area contributed by atoms with Crippen LogP contribution in [-0.4, -0.2) is 56.6 Å². The number of halogens is 1. The molecule has 0 aliphatic carbocycles. The van der Waals surface area contributed by atoms with Crippen LogP contribution in [0.4, 0.5) is 0 Å². The average molecular weight is 417 g/mol. The molecule has 2 fully saturated rings. The summed E-state index contributed by atoms with van der Waals surface area (Å²) >= 11 is 0. The number of likely N-dealkylation sites (tertiary alicyclic amines) is 2. The SMILES string of the molecule is COc1ccc(OC)c(CC(=O)N2C[C@@H]3CN(C)[C@@H](c4ccccc4)[C@@H]3C2)c1.Cl. The molecule has 1 amide bonds. The van der Waals surface area contributed by atoms with E-state index in [1.165, 1.54) is 5.56 Å². The Balaban J connectivity index is 0.00000240. The molecule has 6 heteroatoms. The molecule has 156 valence electrons. The molecule has 2 saturated heterocycles. The Hall–Kier alpha value is -2.24. The lowest BCUT2D eigenvalue weighted by Crippen LogP contribution is -2.34. The zero-order valence-electron chi connectivity index (χ0n) is 17.2. The maximum atomic E-state index is 13.1. The first kappa shape index (κ1) is 21.5. The van der Waals surface area contributed by atoms with Gasteiger partial charge in [-0.2, -0.15) is 0 Å². The molecule has 0 unspecified atom stereocenters. The highest BCUT2D eigenvalue weighted by atomic mass is 35.5. The van der Waals surface area contributed by atoms with Gasteiger partial charge in [0.2, 0.25) is 5.91 Å². The highest BCUT2D eigenvalue weighted by Gasteiger charge is 2.47. The summed E-state index contributed by atoms with van der Waals surface area (Å²) in [5.41, 5.74) is 2.22. The van der Waals surface area contributed by atoms with Gasteiger partial charge < -0.3 is 14.4 Å². The van der Waals surface area contributed by atoms with Crippen molar-refractivity contribution < 1.29 is 14.3 Å².